The maximum Gasteiger partial charge on any atom is 0.338 e. The average Bonchev–Trinajstić information content (AvgIpc) is 2.83. The van der Waals surface area contributed by atoms with E-state index in [0.29, 0.717) is 12.2 Å². The van der Waals surface area contributed by atoms with Crippen LogP contribution in [-0.2, 0) is 4.74 Å². The fourth-order valence-corrected chi connectivity index (χ4v) is 1.41. The van der Waals surface area contributed by atoms with Crippen LogP contribution in [0, 0.1) is 0 Å². The van der Waals surface area contributed by atoms with Gasteiger partial charge in [-0.3, -0.25) is 0 Å². The van der Waals surface area contributed by atoms with Crippen molar-refractivity contribution in [3.8, 4) is 11.3 Å². The zero-order chi connectivity index (χ0) is 11.4. The van der Waals surface area contributed by atoms with Gasteiger partial charge in [0.1, 0.15) is 0 Å². The number of rotatable bonds is 3. The highest BCUT2D eigenvalue weighted by Gasteiger charge is 2.06. The van der Waals surface area contributed by atoms with E-state index in [0.717, 1.165) is 11.3 Å². The first kappa shape index (κ1) is 10.4. The molecule has 0 unspecified atom stereocenters. The van der Waals surface area contributed by atoms with Crippen molar-refractivity contribution in [2.45, 2.75) is 6.92 Å². The van der Waals surface area contributed by atoms with Gasteiger partial charge in [-0.15, -0.1) is 0 Å². The molecule has 0 aliphatic rings. The molecule has 0 atom stereocenters. The second-order valence-corrected chi connectivity index (χ2v) is 3.26. The third-order valence-electron chi connectivity index (χ3n) is 2.21. The molecule has 0 bridgehead atoms. The van der Waals surface area contributed by atoms with E-state index < -0.39 is 0 Å². The number of ether oxygens (including phenoxy) is 1. The molecule has 4 heteroatoms. The van der Waals surface area contributed by atoms with Crippen LogP contribution < -0.4 is 0 Å². The zero-order valence-electron chi connectivity index (χ0n) is 8.93. The van der Waals surface area contributed by atoms with Gasteiger partial charge in [-0.05, 0) is 24.6 Å². The maximum atomic E-state index is 11.4. The smallest absolute Gasteiger partial charge is 0.338 e. The highest BCUT2D eigenvalue weighted by molar-refractivity contribution is 5.89. The van der Waals surface area contributed by atoms with E-state index in [1.54, 1.807) is 31.6 Å². The van der Waals surface area contributed by atoms with Crippen LogP contribution in [0.2, 0.25) is 0 Å². The molecule has 0 aliphatic heterocycles. The summed E-state index contributed by atoms with van der Waals surface area (Å²) in [6.07, 6.45) is 3.36. The monoisotopic (exact) mass is 216 g/mol. The first-order valence-corrected chi connectivity index (χ1v) is 5.07. The lowest BCUT2D eigenvalue weighted by Crippen LogP contribution is -2.03. The third kappa shape index (κ3) is 2.11. The van der Waals surface area contributed by atoms with Crippen LogP contribution in [0.3, 0.4) is 0 Å². The van der Waals surface area contributed by atoms with Crippen LogP contribution in [-0.4, -0.2) is 22.5 Å². The van der Waals surface area contributed by atoms with Gasteiger partial charge in [-0.1, -0.05) is 12.1 Å². The van der Waals surface area contributed by atoms with Crippen LogP contribution >= 0.6 is 0 Å². The number of nitrogens with one attached hydrogen (secondary N) is 1. The van der Waals surface area contributed by atoms with Gasteiger partial charge >= 0.3 is 5.97 Å². The largest absolute Gasteiger partial charge is 0.462 e. The summed E-state index contributed by atoms with van der Waals surface area (Å²) in [5.74, 6) is -0.293. The highest BCUT2D eigenvalue weighted by Crippen LogP contribution is 2.16. The lowest BCUT2D eigenvalue weighted by atomic mass is 10.1. The quantitative estimate of drug-likeness (QED) is 0.800. The van der Waals surface area contributed by atoms with Crippen molar-refractivity contribution < 1.29 is 9.53 Å². The van der Waals surface area contributed by atoms with Crippen molar-refractivity contribution in [3.05, 3.63) is 42.4 Å². The van der Waals surface area contributed by atoms with E-state index in [1.807, 2.05) is 12.1 Å². The molecule has 16 heavy (non-hydrogen) atoms. The third-order valence-corrected chi connectivity index (χ3v) is 2.21. The Kier molecular flexibility index (Phi) is 3.00. The molecular formula is C12H12N2O2. The summed E-state index contributed by atoms with van der Waals surface area (Å²) in [7, 11) is 0. The van der Waals surface area contributed by atoms with Gasteiger partial charge in [0.05, 0.1) is 30.4 Å². The molecule has 4 nitrogen and oxygen atoms in total. The minimum absolute atomic E-state index is 0.293. The van der Waals surface area contributed by atoms with E-state index in [4.69, 9.17) is 4.74 Å². The van der Waals surface area contributed by atoms with E-state index in [1.165, 1.54) is 0 Å². The minimum atomic E-state index is -0.293. The Balaban J connectivity index is 2.20. The lowest BCUT2D eigenvalue weighted by Gasteiger charge is -2.02. The van der Waals surface area contributed by atoms with E-state index in [2.05, 4.69) is 9.97 Å². The number of aromatic amines is 1. The number of aromatic nitrogens is 2. The first-order chi connectivity index (χ1) is 7.81. The summed E-state index contributed by atoms with van der Waals surface area (Å²) in [6.45, 7) is 2.18. The van der Waals surface area contributed by atoms with Crippen molar-refractivity contribution in [2.24, 2.45) is 0 Å². The van der Waals surface area contributed by atoms with Crippen LogP contribution in [0.15, 0.2) is 36.8 Å². The molecule has 1 aromatic heterocycles. The molecule has 1 N–H and O–H groups in total. The molecule has 2 aromatic rings. The number of hydrogen-bond donors (Lipinski definition) is 1. The Labute approximate surface area is 93.3 Å². The molecule has 0 saturated carbocycles. The minimum Gasteiger partial charge on any atom is -0.462 e. The van der Waals surface area contributed by atoms with Gasteiger partial charge in [0.25, 0.3) is 0 Å². The Bertz CT molecular complexity index is 460. The maximum absolute atomic E-state index is 11.4. The summed E-state index contributed by atoms with van der Waals surface area (Å²) in [4.78, 5) is 18.3. The van der Waals surface area contributed by atoms with Crippen LogP contribution in [0.4, 0.5) is 0 Å². The molecule has 0 radical (unpaired) electrons. The van der Waals surface area contributed by atoms with Crippen molar-refractivity contribution in [1.29, 1.82) is 0 Å². The van der Waals surface area contributed by atoms with Crippen LogP contribution in [0.25, 0.3) is 11.3 Å². The lowest BCUT2D eigenvalue weighted by molar-refractivity contribution is 0.0526. The zero-order valence-corrected chi connectivity index (χ0v) is 8.93. The number of carbonyl (C=O) groups excluding carboxylic acids is 1. The van der Waals surface area contributed by atoms with Crippen molar-refractivity contribution >= 4 is 5.97 Å². The normalized spacial score (nSPS) is 10.1. The summed E-state index contributed by atoms with van der Waals surface area (Å²) < 4.78 is 4.90. The molecule has 0 fully saturated rings. The summed E-state index contributed by atoms with van der Waals surface area (Å²) in [5.41, 5.74) is 2.48. The Morgan fingerprint density at radius 2 is 2.12 bits per heavy atom. The summed E-state index contributed by atoms with van der Waals surface area (Å²) in [5, 5.41) is 0. The number of hydrogen-bond acceptors (Lipinski definition) is 3. The van der Waals surface area contributed by atoms with Crippen molar-refractivity contribution in [1.82, 2.24) is 9.97 Å². The molecule has 1 aromatic carbocycles. The number of carbonyl (C=O) groups is 1. The average molecular weight is 216 g/mol. The van der Waals surface area contributed by atoms with Gasteiger partial charge in [-0.2, -0.15) is 0 Å². The molecular weight excluding hydrogens is 204 g/mol. The number of benzene rings is 1. The molecule has 0 saturated heterocycles. The number of H-pyrrole nitrogens is 1. The molecule has 0 aliphatic carbocycles. The topological polar surface area (TPSA) is 55.0 Å². The van der Waals surface area contributed by atoms with Gasteiger partial charge in [0, 0.05) is 0 Å². The standard InChI is InChI=1S/C12H12N2O2/c1-2-16-12(15)10-5-3-9(4-6-10)11-7-13-8-14-11/h3-8H,2H2,1H3,(H,13,14). The van der Waals surface area contributed by atoms with Gasteiger partial charge in [-0.25, -0.2) is 9.78 Å². The van der Waals surface area contributed by atoms with Crippen molar-refractivity contribution in [2.75, 3.05) is 6.61 Å². The predicted octanol–water partition coefficient (Wildman–Crippen LogP) is 2.25. The Morgan fingerprint density at radius 3 is 2.69 bits per heavy atom. The molecule has 1 heterocycles. The predicted molar refractivity (Wildman–Crippen MR) is 60.0 cm³/mol. The fraction of sp³-hybridized carbons (Fsp3) is 0.167. The Hall–Kier alpha value is -2.10. The Morgan fingerprint density at radius 1 is 1.38 bits per heavy atom. The van der Waals surface area contributed by atoms with Crippen LogP contribution in [0.1, 0.15) is 17.3 Å². The summed E-state index contributed by atoms with van der Waals surface area (Å²) >= 11 is 0. The number of nitrogens with zero attached hydrogens (tertiary/aromatic N) is 1. The van der Waals surface area contributed by atoms with Crippen LogP contribution in [0.5, 0.6) is 0 Å². The van der Waals surface area contributed by atoms with E-state index in [-0.39, 0.29) is 5.97 Å². The highest BCUT2D eigenvalue weighted by atomic mass is 16.5. The molecule has 82 valence electrons. The van der Waals surface area contributed by atoms with Gasteiger partial charge < -0.3 is 9.72 Å². The number of imidazole rings is 1. The second-order valence-electron chi connectivity index (χ2n) is 3.26. The van der Waals surface area contributed by atoms with E-state index in [9.17, 15) is 4.79 Å². The van der Waals surface area contributed by atoms with Gasteiger partial charge in [0.15, 0.2) is 0 Å². The molecule has 2 rings (SSSR count). The first-order valence-electron chi connectivity index (χ1n) is 5.07. The SMILES string of the molecule is CCOC(=O)c1ccc(-c2cnc[nH]2)cc1. The van der Waals surface area contributed by atoms with Gasteiger partial charge in [0.2, 0.25) is 0 Å². The number of esters is 1. The van der Waals surface area contributed by atoms with Crippen molar-refractivity contribution in [3.63, 3.8) is 0 Å². The molecule has 0 spiro atoms. The second kappa shape index (κ2) is 4.61. The molecule has 0 amide bonds. The summed E-state index contributed by atoms with van der Waals surface area (Å²) in [6, 6.07) is 7.21. The van der Waals surface area contributed by atoms with E-state index >= 15 is 0 Å². The fourth-order valence-electron chi connectivity index (χ4n) is 1.41.